The van der Waals surface area contributed by atoms with E-state index in [0.29, 0.717) is 10.6 Å². The fourth-order valence-corrected chi connectivity index (χ4v) is 3.08. The molecule has 0 fully saturated rings. The summed E-state index contributed by atoms with van der Waals surface area (Å²) >= 11 is 0. The molecule has 0 heterocycles. The predicted molar refractivity (Wildman–Crippen MR) is 93.7 cm³/mol. The molecule has 0 unspecified atom stereocenters. The number of alkyl halides is 3. The minimum Gasteiger partial charge on any atom is -0.452 e. The van der Waals surface area contributed by atoms with E-state index in [2.05, 4.69) is 5.32 Å². The van der Waals surface area contributed by atoms with Crippen molar-refractivity contribution in [2.45, 2.75) is 18.0 Å². The van der Waals surface area contributed by atoms with E-state index in [0.717, 1.165) is 24.3 Å². The van der Waals surface area contributed by atoms with Gasteiger partial charge in [-0.15, -0.1) is 0 Å². The van der Waals surface area contributed by atoms with Crippen LogP contribution in [0.25, 0.3) is 0 Å². The smallest absolute Gasteiger partial charge is 0.416 e. The summed E-state index contributed by atoms with van der Waals surface area (Å²) in [5.41, 5.74) is -0.607. The van der Waals surface area contributed by atoms with Crippen LogP contribution in [0.5, 0.6) is 0 Å². The van der Waals surface area contributed by atoms with E-state index in [1.807, 2.05) is 0 Å². The van der Waals surface area contributed by atoms with Crippen molar-refractivity contribution >= 4 is 28.4 Å². The zero-order valence-corrected chi connectivity index (χ0v) is 15.0. The Bertz CT molecular complexity index is 850. The van der Waals surface area contributed by atoms with E-state index in [4.69, 9.17) is 4.74 Å². The second-order valence-electron chi connectivity index (χ2n) is 5.33. The van der Waals surface area contributed by atoms with Gasteiger partial charge in [0.25, 0.3) is 5.91 Å². The van der Waals surface area contributed by atoms with Crippen LogP contribution in [0.2, 0.25) is 0 Å². The summed E-state index contributed by atoms with van der Waals surface area (Å²) in [5, 5.41) is 2.33. The van der Waals surface area contributed by atoms with Crippen molar-refractivity contribution in [3.05, 3.63) is 59.7 Å². The second-order valence-corrected chi connectivity index (χ2v) is 7.04. The molecule has 2 aromatic rings. The first kappa shape index (κ1) is 20.6. The number of carbonyl (C=O) groups excluding carboxylic acids is 2. The van der Waals surface area contributed by atoms with E-state index >= 15 is 0 Å². The molecular formula is C18H16F3NO4S. The molecule has 144 valence electrons. The van der Waals surface area contributed by atoms with Gasteiger partial charge in [0.1, 0.15) is 0 Å². The lowest BCUT2D eigenvalue weighted by Crippen LogP contribution is -2.21. The summed E-state index contributed by atoms with van der Waals surface area (Å²) in [4.78, 5) is 24.3. The summed E-state index contributed by atoms with van der Waals surface area (Å²) < 4.78 is 54.4. The van der Waals surface area contributed by atoms with E-state index in [1.54, 1.807) is 25.1 Å². The molecule has 0 spiro atoms. The first-order valence-corrected chi connectivity index (χ1v) is 9.16. The molecule has 9 heteroatoms. The Balaban J connectivity index is 1.96. The zero-order valence-electron chi connectivity index (χ0n) is 14.2. The number of halogens is 3. The topological polar surface area (TPSA) is 72.5 Å². The van der Waals surface area contributed by atoms with E-state index in [-0.39, 0.29) is 11.3 Å². The van der Waals surface area contributed by atoms with Gasteiger partial charge in [0.15, 0.2) is 6.61 Å². The van der Waals surface area contributed by atoms with Gasteiger partial charge in [0.2, 0.25) is 0 Å². The summed E-state index contributed by atoms with van der Waals surface area (Å²) in [6, 6.07) is 10.1. The van der Waals surface area contributed by atoms with Crippen molar-refractivity contribution < 1.29 is 31.7 Å². The van der Waals surface area contributed by atoms with Crippen LogP contribution in [0.15, 0.2) is 53.4 Å². The van der Waals surface area contributed by atoms with E-state index in [1.165, 1.54) is 6.07 Å². The Morgan fingerprint density at radius 1 is 1.07 bits per heavy atom. The quantitative estimate of drug-likeness (QED) is 0.753. The highest BCUT2D eigenvalue weighted by Crippen LogP contribution is 2.29. The summed E-state index contributed by atoms with van der Waals surface area (Å²) in [6.45, 7) is 1.07. The normalized spacial score (nSPS) is 12.3. The highest BCUT2D eigenvalue weighted by Gasteiger charge is 2.30. The van der Waals surface area contributed by atoms with Crippen LogP contribution in [-0.4, -0.2) is 28.4 Å². The minimum atomic E-state index is -4.47. The van der Waals surface area contributed by atoms with Gasteiger partial charge in [-0.05, 0) is 36.4 Å². The van der Waals surface area contributed by atoms with Crippen LogP contribution in [0, 0.1) is 0 Å². The molecule has 1 N–H and O–H groups in total. The Morgan fingerprint density at radius 2 is 1.70 bits per heavy atom. The molecule has 0 aliphatic carbocycles. The van der Waals surface area contributed by atoms with Gasteiger partial charge in [-0.3, -0.25) is 9.00 Å². The maximum Gasteiger partial charge on any atom is 0.416 e. The highest BCUT2D eigenvalue weighted by molar-refractivity contribution is 7.85. The fraction of sp³-hybridized carbons (Fsp3) is 0.222. The maximum absolute atomic E-state index is 12.5. The third kappa shape index (κ3) is 5.65. The third-order valence-corrected chi connectivity index (χ3v) is 4.82. The van der Waals surface area contributed by atoms with Gasteiger partial charge < -0.3 is 10.1 Å². The lowest BCUT2D eigenvalue weighted by atomic mass is 10.2. The number of hydrogen-bond donors (Lipinski definition) is 1. The summed E-state index contributed by atoms with van der Waals surface area (Å²) in [6.07, 6.45) is -4.47. The first-order chi connectivity index (χ1) is 12.7. The molecule has 0 saturated carbocycles. The van der Waals surface area contributed by atoms with E-state index in [9.17, 15) is 27.0 Å². The van der Waals surface area contributed by atoms with Crippen LogP contribution >= 0.6 is 0 Å². The van der Waals surface area contributed by atoms with Gasteiger partial charge in [0, 0.05) is 11.4 Å². The average Bonchev–Trinajstić information content (AvgIpc) is 2.65. The molecule has 0 aliphatic rings. The lowest BCUT2D eigenvalue weighted by molar-refractivity contribution is -0.137. The fourth-order valence-electron chi connectivity index (χ4n) is 2.14. The van der Waals surface area contributed by atoms with Gasteiger partial charge >= 0.3 is 12.1 Å². The molecule has 2 rings (SSSR count). The van der Waals surface area contributed by atoms with Gasteiger partial charge in [-0.1, -0.05) is 19.1 Å². The Hall–Kier alpha value is -2.68. The molecule has 0 saturated heterocycles. The molecule has 2 aromatic carbocycles. The van der Waals surface area contributed by atoms with Crippen LogP contribution < -0.4 is 5.32 Å². The largest absolute Gasteiger partial charge is 0.452 e. The number of benzene rings is 2. The summed E-state index contributed by atoms with van der Waals surface area (Å²) in [5.74, 6) is -1.20. The van der Waals surface area contributed by atoms with Crippen molar-refractivity contribution in [2.75, 3.05) is 17.7 Å². The molecular weight excluding hydrogens is 383 g/mol. The second kappa shape index (κ2) is 8.81. The van der Waals surface area contributed by atoms with Gasteiger partial charge in [0.05, 0.1) is 26.8 Å². The number of ether oxygens (including phenoxy) is 1. The Morgan fingerprint density at radius 3 is 2.30 bits per heavy atom. The van der Waals surface area contributed by atoms with Crippen LogP contribution in [0.1, 0.15) is 22.8 Å². The first-order valence-electron chi connectivity index (χ1n) is 7.84. The van der Waals surface area contributed by atoms with Crippen LogP contribution in [-0.2, 0) is 26.5 Å². The number of esters is 1. The SMILES string of the molecule is CC[S@](=O)c1ccccc1C(=O)OCC(=O)Nc1ccc(C(F)(F)F)cc1. The Labute approximate surface area is 156 Å². The van der Waals surface area contributed by atoms with Gasteiger partial charge in [-0.2, -0.15) is 13.2 Å². The molecule has 0 bridgehead atoms. The maximum atomic E-state index is 12.5. The number of nitrogens with one attached hydrogen (secondary N) is 1. The highest BCUT2D eigenvalue weighted by atomic mass is 32.2. The standard InChI is InChI=1S/C18H16F3NO4S/c1-2-27(25)15-6-4-3-5-14(15)17(24)26-11-16(23)22-13-9-7-12(8-10-13)18(19,20)21/h3-10H,2,11H2,1H3,(H,22,23)/t27-/m0/s1. The predicted octanol–water partition coefficient (Wildman–Crippen LogP) is 3.63. The lowest BCUT2D eigenvalue weighted by Gasteiger charge is -2.10. The van der Waals surface area contributed by atoms with Crippen LogP contribution in [0.3, 0.4) is 0 Å². The molecule has 1 amide bonds. The minimum absolute atomic E-state index is 0.0972. The summed E-state index contributed by atoms with van der Waals surface area (Å²) in [7, 11) is -1.37. The number of carbonyl (C=O) groups is 2. The Kier molecular flexibility index (Phi) is 6.73. The van der Waals surface area contributed by atoms with Crippen molar-refractivity contribution in [3.8, 4) is 0 Å². The zero-order chi connectivity index (χ0) is 20.0. The van der Waals surface area contributed by atoms with Crippen molar-refractivity contribution in [2.24, 2.45) is 0 Å². The number of rotatable bonds is 6. The number of hydrogen-bond acceptors (Lipinski definition) is 4. The molecule has 5 nitrogen and oxygen atoms in total. The molecule has 1 atom stereocenters. The average molecular weight is 399 g/mol. The molecule has 27 heavy (non-hydrogen) atoms. The third-order valence-electron chi connectivity index (χ3n) is 3.44. The van der Waals surface area contributed by atoms with Crippen molar-refractivity contribution in [1.29, 1.82) is 0 Å². The van der Waals surface area contributed by atoms with Crippen molar-refractivity contribution in [3.63, 3.8) is 0 Å². The van der Waals surface area contributed by atoms with Crippen molar-refractivity contribution in [1.82, 2.24) is 0 Å². The van der Waals surface area contributed by atoms with E-state index < -0.39 is 41.0 Å². The molecule has 0 radical (unpaired) electrons. The monoisotopic (exact) mass is 399 g/mol. The van der Waals surface area contributed by atoms with Crippen LogP contribution in [0.4, 0.5) is 18.9 Å². The molecule has 0 aliphatic heterocycles. The van der Waals surface area contributed by atoms with Gasteiger partial charge in [-0.25, -0.2) is 4.79 Å². The number of amides is 1. The molecule has 0 aromatic heterocycles. The number of anilines is 1.